The van der Waals surface area contributed by atoms with Crippen LogP contribution in [0.25, 0.3) is 23.0 Å². The van der Waals surface area contributed by atoms with Gasteiger partial charge in [-0.2, -0.15) is 0 Å². The standard InChI is InChI=1S/C27H20IN3O4/c28-19-6-8-23-21(12-19)22(27(34)31-23)13-20-7-9-25(35-20)16-3-1-4-17(11-16)26(33)30-15-24(32)18-5-2-10-29-14-18/h1-14,24,32H,15H2,(H,30,33)(H,31,34)/b22-13+. The lowest BCUT2D eigenvalue weighted by molar-refractivity contribution is -0.110. The minimum atomic E-state index is -0.849. The molecule has 0 bridgehead atoms. The highest BCUT2D eigenvalue weighted by Crippen LogP contribution is 2.35. The topological polar surface area (TPSA) is 104 Å². The molecule has 2 amide bonds. The average molecular weight is 577 g/mol. The summed E-state index contributed by atoms with van der Waals surface area (Å²) < 4.78 is 7.01. The third kappa shape index (κ3) is 5.03. The van der Waals surface area contributed by atoms with Crippen LogP contribution in [0.15, 0.2) is 83.5 Å². The van der Waals surface area contributed by atoms with Crippen LogP contribution >= 0.6 is 22.6 Å². The maximum Gasteiger partial charge on any atom is 0.256 e. The highest BCUT2D eigenvalue weighted by molar-refractivity contribution is 14.1. The zero-order valence-corrected chi connectivity index (χ0v) is 20.5. The second-order valence-corrected chi connectivity index (χ2v) is 9.24. The molecule has 2 aromatic heterocycles. The van der Waals surface area contributed by atoms with Crippen molar-refractivity contribution in [2.75, 3.05) is 11.9 Å². The van der Waals surface area contributed by atoms with Crippen LogP contribution in [0.5, 0.6) is 0 Å². The number of hydrogen-bond acceptors (Lipinski definition) is 5. The molecule has 0 aliphatic carbocycles. The van der Waals surface area contributed by atoms with Crippen molar-refractivity contribution in [3.63, 3.8) is 0 Å². The van der Waals surface area contributed by atoms with Gasteiger partial charge in [-0.25, -0.2) is 0 Å². The smallest absolute Gasteiger partial charge is 0.256 e. The number of benzene rings is 2. The normalized spacial score (nSPS) is 14.5. The van der Waals surface area contributed by atoms with Gasteiger partial charge in [-0.15, -0.1) is 0 Å². The zero-order valence-electron chi connectivity index (χ0n) is 18.4. The predicted octanol–water partition coefficient (Wildman–Crippen LogP) is 4.90. The zero-order chi connectivity index (χ0) is 24.4. The molecule has 2 aromatic carbocycles. The molecule has 35 heavy (non-hydrogen) atoms. The number of amides is 2. The van der Waals surface area contributed by atoms with E-state index < -0.39 is 6.10 Å². The molecular weight excluding hydrogens is 557 g/mol. The predicted molar refractivity (Wildman–Crippen MR) is 141 cm³/mol. The van der Waals surface area contributed by atoms with Gasteiger partial charge in [-0.3, -0.25) is 14.6 Å². The minimum absolute atomic E-state index is 0.0652. The Hall–Kier alpha value is -3.76. The summed E-state index contributed by atoms with van der Waals surface area (Å²) in [6, 6.07) is 19.9. The minimum Gasteiger partial charge on any atom is -0.457 e. The van der Waals surface area contributed by atoms with Crippen LogP contribution in [0.3, 0.4) is 0 Å². The van der Waals surface area contributed by atoms with Gasteiger partial charge in [-0.1, -0.05) is 18.2 Å². The van der Waals surface area contributed by atoms with Crippen molar-refractivity contribution in [2.45, 2.75) is 6.10 Å². The summed E-state index contributed by atoms with van der Waals surface area (Å²) >= 11 is 2.21. The number of furan rings is 1. The fourth-order valence-corrected chi connectivity index (χ4v) is 4.32. The number of rotatable bonds is 6. The maximum atomic E-state index is 12.7. The Bertz CT molecular complexity index is 1450. The first-order chi connectivity index (χ1) is 17.0. The lowest BCUT2D eigenvalue weighted by atomic mass is 10.1. The molecule has 0 radical (unpaired) electrons. The van der Waals surface area contributed by atoms with Gasteiger partial charge in [0.1, 0.15) is 11.5 Å². The number of nitrogens with one attached hydrogen (secondary N) is 2. The van der Waals surface area contributed by atoms with Crippen LogP contribution in [0.4, 0.5) is 5.69 Å². The summed E-state index contributed by atoms with van der Waals surface area (Å²) in [5.74, 6) is 0.624. The fraction of sp³-hybridized carbons (Fsp3) is 0.0741. The van der Waals surface area contributed by atoms with Gasteiger partial charge in [0, 0.05) is 50.4 Å². The number of aliphatic hydroxyl groups excluding tert-OH is 1. The molecule has 0 saturated heterocycles. The first-order valence-electron chi connectivity index (χ1n) is 10.9. The SMILES string of the molecule is O=C1Nc2ccc(I)cc2/C1=C\c1ccc(-c2cccc(C(=O)NCC(O)c3cccnc3)c2)o1. The van der Waals surface area contributed by atoms with E-state index in [0.717, 1.165) is 20.4 Å². The van der Waals surface area contributed by atoms with Crippen molar-refractivity contribution >= 4 is 51.7 Å². The molecule has 5 rings (SSSR count). The van der Waals surface area contributed by atoms with Crippen molar-refractivity contribution < 1.29 is 19.1 Å². The number of anilines is 1. The van der Waals surface area contributed by atoms with Crippen molar-refractivity contribution in [1.82, 2.24) is 10.3 Å². The molecule has 1 atom stereocenters. The summed E-state index contributed by atoms with van der Waals surface area (Å²) in [7, 11) is 0. The van der Waals surface area contributed by atoms with Crippen LogP contribution in [-0.2, 0) is 4.79 Å². The summed E-state index contributed by atoms with van der Waals surface area (Å²) in [5.41, 5.74) is 3.95. The van der Waals surface area contributed by atoms with Crippen LogP contribution < -0.4 is 10.6 Å². The number of carbonyl (C=O) groups excluding carboxylic acids is 2. The van der Waals surface area contributed by atoms with E-state index in [4.69, 9.17) is 4.42 Å². The second-order valence-electron chi connectivity index (χ2n) is 8.00. The first-order valence-corrected chi connectivity index (χ1v) is 12.0. The summed E-state index contributed by atoms with van der Waals surface area (Å²) in [6.45, 7) is 0.0652. The summed E-state index contributed by atoms with van der Waals surface area (Å²) in [6.07, 6.45) is 4.06. The molecule has 8 heteroatoms. The van der Waals surface area contributed by atoms with Gasteiger partial charge < -0.3 is 20.2 Å². The van der Waals surface area contributed by atoms with Crippen LogP contribution in [0.1, 0.15) is 33.3 Å². The Labute approximate surface area is 215 Å². The number of aromatic nitrogens is 1. The number of fused-ring (bicyclic) bond motifs is 1. The molecule has 1 aliphatic rings. The number of hydrogen-bond donors (Lipinski definition) is 3. The number of pyridine rings is 1. The Morgan fingerprint density at radius 2 is 2.03 bits per heavy atom. The largest absolute Gasteiger partial charge is 0.457 e. The molecule has 1 unspecified atom stereocenters. The van der Waals surface area contributed by atoms with E-state index >= 15 is 0 Å². The van der Waals surface area contributed by atoms with Gasteiger partial charge >= 0.3 is 0 Å². The number of halogens is 1. The van der Waals surface area contributed by atoms with Gasteiger partial charge in [-0.05, 0) is 77.2 Å². The molecule has 0 saturated carbocycles. The van der Waals surface area contributed by atoms with E-state index in [1.165, 1.54) is 0 Å². The van der Waals surface area contributed by atoms with E-state index in [9.17, 15) is 14.7 Å². The van der Waals surface area contributed by atoms with Crippen molar-refractivity contribution in [3.8, 4) is 11.3 Å². The summed E-state index contributed by atoms with van der Waals surface area (Å²) in [4.78, 5) is 29.1. The van der Waals surface area contributed by atoms with E-state index in [-0.39, 0.29) is 18.4 Å². The Kier molecular flexibility index (Phi) is 6.47. The third-order valence-electron chi connectivity index (χ3n) is 5.61. The first kappa shape index (κ1) is 23.0. The highest BCUT2D eigenvalue weighted by Gasteiger charge is 2.24. The van der Waals surface area contributed by atoms with Crippen molar-refractivity contribution in [1.29, 1.82) is 0 Å². The van der Waals surface area contributed by atoms with E-state index in [2.05, 4.69) is 38.2 Å². The molecule has 7 nitrogen and oxygen atoms in total. The van der Waals surface area contributed by atoms with E-state index in [0.29, 0.717) is 28.2 Å². The Balaban J connectivity index is 1.32. The molecule has 174 valence electrons. The van der Waals surface area contributed by atoms with Crippen LogP contribution in [0, 0.1) is 3.57 Å². The molecule has 3 N–H and O–H groups in total. The van der Waals surface area contributed by atoms with Gasteiger partial charge in [0.15, 0.2) is 0 Å². The van der Waals surface area contributed by atoms with Crippen molar-refractivity contribution in [2.24, 2.45) is 0 Å². The van der Waals surface area contributed by atoms with Gasteiger partial charge in [0.2, 0.25) is 0 Å². The van der Waals surface area contributed by atoms with Gasteiger partial charge in [0.25, 0.3) is 11.8 Å². The molecule has 0 spiro atoms. The third-order valence-corrected chi connectivity index (χ3v) is 6.28. The van der Waals surface area contributed by atoms with Gasteiger partial charge in [0.05, 0.1) is 11.7 Å². The number of aliphatic hydroxyl groups is 1. The molecule has 4 aromatic rings. The molecular formula is C27H20IN3O4. The monoisotopic (exact) mass is 577 g/mol. The Morgan fingerprint density at radius 1 is 1.14 bits per heavy atom. The van der Waals surface area contributed by atoms with Crippen LogP contribution in [-0.4, -0.2) is 28.4 Å². The Morgan fingerprint density at radius 3 is 2.86 bits per heavy atom. The molecule has 3 heterocycles. The average Bonchev–Trinajstić information content (AvgIpc) is 3.47. The summed E-state index contributed by atoms with van der Waals surface area (Å²) in [5, 5.41) is 15.9. The fourth-order valence-electron chi connectivity index (χ4n) is 3.83. The lowest BCUT2D eigenvalue weighted by Crippen LogP contribution is -2.28. The number of carbonyl (C=O) groups is 2. The lowest BCUT2D eigenvalue weighted by Gasteiger charge is -2.12. The van der Waals surface area contributed by atoms with E-state index in [1.807, 2.05) is 24.3 Å². The number of nitrogens with zero attached hydrogens (tertiary/aromatic N) is 1. The second kappa shape index (κ2) is 9.85. The maximum absolute atomic E-state index is 12.7. The highest BCUT2D eigenvalue weighted by atomic mass is 127. The molecule has 1 aliphatic heterocycles. The molecule has 0 fully saturated rings. The van der Waals surface area contributed by atoms with Crippen LogP contribution in [0.2, 0.25) is 0 Å². The van der Waals surface area contributed by atoms with Crippen molar-refractivity contribution in [3.05, 3.63) is 105 Å². The quantitative estimate of drug-likeness (QED) is 0.224. The van der Waals surface area contributed by atoms with E-state index in [1.54, 1.807) is 60.9 Å².